The van der Waals surface area contributed by atoms with Crippen molar-refractivity contribution in [3.63, 3.8) is 0 Å². The van der Waals surface area contributed by atoms with E-state index >= 15 is 0 Å². The first-order chi connectivity index (χ1) is 17.9. The van der Waals surface area contributed by atoms with Crippen molar-refractivity contribution < 1.29 is 0 Å². The summed E-state index contributed by atoms with van der Waals surface area (Å²) in [5, 5.41) is 0. The van der Waals surface area contributed by atoms with Gasteiger partial charge in [-0.15, -0.1) is 17.2 Å². The fraction of sp³-hybridized carbons (Fsp3) is 0.235. The smallest absolute Gasteiger partial charge is 0.00926 e. The van der Waals surface area contributed by atoms with Crippen molar-refractivity contribution in [1.29, 1.82) is 0 Å². The summed E-state index contributed by atoms with van der Waals surface area (Å²) in [5.41, 5.74) is 5.76. The molecule has 0 aliphatic rings. The quantitative estimate of drug-likeness (QED) is 0.0904. The second-order valence-corrected chi connectivity index (χ2v) is 12.0. The molecule has 2 atom stereocenters. The Kier molecular flexibility index (Phi) is 11.5. The average Bonchev–Trinajstić information content (AvgIpc) is 2.96. The summed E-state index contributed by atoms with van der Waals surface area (Å²) in [6, 6.07) is 44.0. The van der Waals surface area contributed by atoms with Gasteiger partial charge in [0.1, 0.15) is 0 Å². The molecule has 0 aliphatic carbocycles. The second kappa shape index (κ2) is 15.6. The van der Waals surface area contributed by atoms with Crippen molar-refractivity contribution in [2.45, 2.75) is 24.7 Å². The predicted octanol–water partition coefficient (Wildman–Crippen LogP) is 9.34. The lowest BCUT2D eigenvalue weighted by atomic mass is 9.89. The first-order valence-corrected chi connectivity index (χ1v) is 16.0. The van der Waals surface area contributed by atoms with Gasteiger partial charge in [-0.25, -0.2) is 0 Å². The van der Waals surface area contributed by atoms with Crippen LogP contribution in [0.1, 0.15) is 46.9 Å². The Labute approximate surface area is 221 Å². The standard InChI is InChI=1S/C34H38P2/c1-5-15-29(16-6-1)33(30-17-7-2-8-18-30)23-27-35-25-13-14-26-36-28-24-34(31-19-9-3-10-20-31)32-21-11-4-12-22-32/h1-22,33-36H,23-28H2. The minimum atomic E-state index is 0.507. The van der Waals surface area contributed by atoms with Gasteiger partial charge < -0.3 is 0 Å². The predicted molar refractivity (Wildman–Crippen MR) is 164 cm³/mol. The van der Waals surface area contributed by atoms with Crippen LogP contribution >= 0.6 is 17.2 Å². The molecule has 0 aliphatic heterocycles. The van der Waals surface area contributed by atoms with Crippen molar-refractivity contribution in [2.75, 3.05) is 24.6 Å². The molecule has 0 heterocycles. The summed E-state index contributed by atoms with van der Waals surface area (Å²) < 4.78 is 0. The fourth-order valence-corrected chi connectivity index (χ4v) is 6.88. The van der Waals surface area contributed by atoms with Gasteiger partial charge in [0.15, 0.2) is 0 Å². The molecule has 0 spiro atoms. The highest BCUT2D eigenvalue weighted by atomic mass is 31.1. The lowest BCUT2D eigenvalue weighted by Gasteiger charge is -2.18. The molecule has 2 heteroatoms. The highest BCUT2D eigenvalue weighted by Gasteiger charge is 2.14. The maximum atomic E-state index is 2.43. The molecule has 4 rings (SSSR count). The van der Waals surface area contributed by atoms with Crippen LogP contribution < -0.4 is 0 Å². The topological polar surface area (TPSA) is 0 Å². The zero-order valence-electron chi connectivity index (χ0n) is 21.1. The number of benzene rings is 4. The summed E-state index contributed by atoms with van der Waals surface area (Å²) >= 11 is 0. The van der Waals surface area contributed by atoms with Crippen molar-refractivity contribution in [2.24, 2.45) is 0 Å². The van der Waals surface area contributed by atoms with E-state index < -0.39 is 0 Å². The maximum absolute atomic E-state index is 2.43. The van der Waals surface area contributed by atoms with Crippen LogP contribution in [0.3, 0.4) is 0 Å². The average molecular weight is 509 g/mol. The van der Waals surface area contributed by atoms with Gasteiger partial charge in [-0.2, -0.15) is 0 Å². The zero-order valence-corrected chi connectivity index (χ0v) is 23.1. The zero-order chi connectivity index (χ0) is 24.7. The van der Waals surface area contributed by atoms with Crippen LogP contribution in [0.4, 0.5) is 0 Å². The van der Waals surface area contributed by atoms with Gasteiger partial charge in [-0.3, -0.25) is 0 Å². The third-order valence-corrected chi connectivity index (χ3v) is 9.05. The highest BCUT2D eigenvalue weighted by Crippen LogP contribution is 2.32. The number of rotatable bonds is 14. The van der Waals surface area contributed by atoms with Gasteiger partial charge in [0.2, 0.25) is 0 Å². The Morgan fingerprint density at radius 2 is 0.694 bits per heavy atom. The monoisotopic (exact) mass is 508 g/mol. The van der Waals surface area contributed by atoms with Crippen LogP contribution in [0.15, 0.2) is 133 Å². The van der Waals surface area contributed by atoms with E-state index in [2.05, 4.69) is 133 Å². The van der Waals surface area contributed by atoms with Crippen molar-refractivity contribution in [3.8, 4) is 0 Å². The largest absolute Gasteiger partial charge is 0.118 e. The van der Waals surface area contributed by atoms with E-state index in [1.54, 1.807) is 0 Å². The van der Waals surface area contributed by atoms with Crippen molar-refractivity contribution in [3.05, 3.63) is 156 Å². The van der Waals surface area contributed by atoms with Crippen LogP contribution in [0.25, 0.3) is 0 Å². The molecule has 2 unspecified atom stereocenters. The number of hydrogen-bond acceptors (Lipinski definition) is 0. The molecule has 184 valence electrons. The van der Waals surface area contributed by atoms with Crippen LogP contribution in [0, 0.1) is 0 Å². The molecule has 36 heavy (non-hydrogen) atoms. The minimum Gasteiger partial charge on any atom is -0.118 e. The fourth-order valence-electron chi connectivity index (χ4n) is 4.82. The summed E-state index contributed by atoms with van der Waals surface area (Å²) in [7, 11) is 2.00. The molecular weight excluding hydrogens is 470 g/mol. The van der Waals surface area contributed by atoms with Crippen molar-refractivity contribution >= 4 is 17.2 Å². The minimum absolute atomic E-state index is 0.507. The molecule has 0 fully saturated rings. The third kappa shape index (κ3) is 8.55. The molecule has 4 aromatic carbocycles. The van der Waals surface area contributed by atoms with Gasteiger partial charge in [0.25, 0.3) is 0 Å². The molecule has 0 amide bonds. The van der Waals surface area contributed by atoms with E-state index in [1.165, 1.54) is 59.7 Å². The molecule has 4 aromatic rings. The van der Waals surface area contributed by atoms with E-state index in [0.717, 1.165) is 17.2 Å². The Bertz CT molecular complexity index is 953. The van der Waals surface area contributed by atoms with Gasteiger partial charge in [0, 0.05) is 11.8 Å². The summed E-state index contributed by atoms with van der Waals surface area (Å²) in [6.07, 6.45) is 12.3. The first kappa shape index (κ1) is 26.5. The molecule has 0 radical (unpaired) electrons. The molecule has 0 saturated carbocycles. The molecular formula is C34H38P2. The summed E-state index contributed by atoms with van der Waals surface area (Å²) in [5.74, 6) is 1.01. The lowest BCUT2D eigenvalue weighted by molar-refractivity contribution is 0.784. The number of hydrogen-bond donors (Lipinski definition) is 0. The molecule has 0 bridgehead atoms. The van der Waals surface area contributed by atoms with Gasteiger partial charge in [-0.05, 0) is 59.7 Å². The van der Waals surface area contributed by atoms with Crippen LogP contribution in [0.5, 0.6) is 0 Å². The normalized spacial score (nSPS) is 12.2. The molecule has 0 aromatic heterocycles. The Morgan fingerprint density at radius 3 is 0.972 bits per heavy atom. The third-order valence-electron chi connectivity index (χ3n) is 6.72. The lowest BCUT2D eigenvalue weighted by Crippen LogP contribution is -2.02. The van der Waals surface area contributed by atoms with Crippen LogP contribution in [-0.4, -0.2) is 24.6 Å². The maximum Gasteiger partial charge on any atom is 0.00926 e. The van der Waals surface area contributed by atoms with Gasteiger partial charge in [-0.1, -0.05) is 133 Å². The highest BCUT2D eigenvalue weighted by molar-refractivity contribution is 7.38. The first-order valence-electron chi connectivity index (χ1n) is 13.2. The van der Waals surface area contributed by atoms with E-state index in [1.807, 2.05) is 0 Å². The summed E-state index contributed by atoms with van der Waals surface area (Å²) in [4.78, 5) is 0. The van der Waals surface area contributed by atoms with Crippen LogP contribution in [-0.2, 0) is 0 Å². The van der Waals surface area contributed by atoms with E-state index in [9.17, 15) is 0 Å². The van der Waals surface area contributed by atoms with Crippen LogP contribution in [0.2, 0.25) is 0 Å². The Balaban J connectivity index is 1.17. The number of allylic oxidation sites excluding steroid dienone is 2. The van der Waals surface area contributed by atoms with E-state index in [0.29, 0.717) is 11.8 Å². The van der Waals surface area contributed by atoms with Gasteiger partial charge >= 0.3 is 0 Å². The van der Waals surface area contributed by atoms with Crippen molar-refractivity contribution in [1.82, 2.24) is 0 Å². The molecule has 0 nitrogen and oxygen atoms in total. The summed E-state index contributed by atoms with van der Waals surface area (Å²) in [6.45, 7) is 0. The molecule has 0 N–H and O–H groups in total. The Morgan fingerprint density at radius 1 is 0.417 bits per heavy atom. The van der Waals surface area contributed by atoms with Gasteiger partial charge in [0.05, 0.1) is 0 Å². The molecule has 0 saturated heterocycles. The van der Waals surface area contributed by atoms with E-state index in [4.69, 9.17) is 0 Å². The Hall–Kier alpha value is -2.52. The SMILES string of the molecule is C(=CCPCCC(c1ccccc1)c1ccccc1)CPCCC(c1ccccc1)c1ccccc1. The second-order valence-electron chi connectivity index (χ2n) is 9.20. The van der Waals surface area contributed by atoms with E-state index in [-0.39, 0.29) is 0 Å².